The summed E-state index contributed by atoms with van der Waals surface area (Å²) in [5.41, 5.74) is 4.96. The third-order valence-corrected chi connectivity index (χ3v) is 3.05. The number of urea groups is 1. The van der Waals surface area contributed by atoms with Crippen LogP contribution in [0.15, 0.2) is 0 Å². The molecule has 0 saturated carbocycles. The smallest absolute Gasteiger partial charge is 0.326 e. The molecule has 2 atom stereocenters. The number of aliphatic carboxylic acids is 1. The number of carbonyl (C=O) groups excluding carboxylic acids is 2. The lowest BCUT2D eigenvalue weighted by atomic mass is 10.1. The van der Waals surface area contributed by atoms with Crippen molar-refractivity contribution in [3.63, 3.8) is 0 Å². The lowest BCUT2D eigenvalue weighted by Gasteiger charge is -2.25. The molecule has 19 heavy (non-hydrogen) atoms. The third-order valence-electron chi connectivity index (χ3n) is 3.05. The first kappa shape index (κ1) is 15.2. The number of amides is 3. The van der Waals surface area contributed by atoms with Crippen molar-refractivity contribution in [2.75, 3.05) is 20.3 Å². The molecule has 1 unspecified atom stereocenters. The van der Waals surface area contributed by atoms with E-state index >= 15 is 0 Å². The predicted molar refractivity (Wildman–Crippen MR) is 65.4 cm³/mol. The van der Waals surface area contributed by atoms with Gasteiger partial charge in [0, 0.05) is 20.1 Å². The summed E-state index contributed by atoms with van der Waals surface area (Å²) in [6.07, 6.45) is 0.613. The van der Waals surface area contributed by atoms with Crippen LogP contribution in [0.4, 0.5) is 4.79 Å². The van der Waals surface area contributed by atoms with Crippen molar-refractivity contribution >= 4 is 17.9 Å². The van der Waals surface area contributed by atoms with E-state index in [1.165, 1.54) is 4.90 Å². The maximum absolute atomic E-state index is 11.9. The number of carbonyl (C=O) groups is 3. The Hall–Kier alpha value is -1.83. The molecule has 108 valence electrons. The van der Waals surface area contributed by atoms with Gasteiger partial charge in [-0.05, 0) is 12.8 Å². The minimum atomic E-state index is -1.19. The minimum absolute atomic E-state index is 0.0224. The van der Waals surface area contributed by atoms with E-state index < -0.39 is 23.9 Å². The lowest BCUT2D eigenvalue weighted by molar-refractivity contribution is -0.139. The van der Waals surface area contributed by atoms with Crippen LogP contribution < -0.4 is 11.1 Å². The second kappa shape index (κ2) is 6.93. The highest BCUT2D eigenvalue weighted by Gasteiger charge is 2.27. The highest BCUT2D eigenvalue weighted by atomic mass is 16.5. The maximum Gasteiger partial charge on any atom is 0.326 e. The normalized spacial score (nSPS) is 19.7. The van der Waals surface area contributed by atoms with Gasteiger partial charge in [-0.15, -0.1) is 0 Å². The number of hydrogen-bond acceptors (Lipinski definition) is 4. The largest absolute Gasteiger partial charge is 0.480 e. The van der Waals surface area contributed by atoms with E-state index in [4.69, 9.17) is 15.6 Å². The van der Waals surface area contributed by atoms with Gasteiger partial charge in [0.25, 0.3) is 0 Å². The number of primary amides is 1. The Morgan fingerprint density at radius 2 is 2.21 bits per heavy atom. The first-order chi connectivity index (χ1) is 8.91. The van der Waals surface area contributed by atoms with E-state index in [9.17, 15) is 14.4 Å². The molecule has 1 fully saturated rings. The molecule has 8 heteroatoms. The summed E-state index contributed by atoms with van der Waals surface area (Å²) in [4.78, 5) is 34.9. The van der Waals surface area contributed by atoms with Crippen LogP contribution in [0.3, 0.4) is 0 Å². The van der Waals surface area contributed by atoms with Gasteiger partial charge in [-0.2, -0.15) is 0 Å². The molecule has 1 aliphatic rings. The van der Waals surface area contributed by atoms with E-state index in [1.54, 1.807) is 7.05 Å². The summed E-state index contributed by atoms with van der Waals surface area (Å²) in [5, 5.41) is 11.3. The molecule has 1 rings (SSSR count). The highest BCUT2D eigenvalue weighted by molar-refractivity contribution is 5.83. The Bertz CT molecular complexity index is 354. The second-order valence-electron chi connectivity index (χ2n) is 4.47. The van der Waals surface area contributed by atoms with E-state index in [2.05, 4.69) is 5.32 Å². The van der Waals surface area contributed by atoms with Crippen molar-refractivity contribution in [2.45, 2.75) is 31.3 Å². The summed E-state index contributed by atoms with van der Waals surface area (Å²) >= 11 is 0. The number of nitrogens with one attached hydrogen (secondary N) is 1. The van der Waals surface area contributed by atoms with Gasteiger partial charge < -0.3 is 25.8 Å². The third kappa shape index (κ3) is 4.74. The summed E-state index contributed by atoms with van der Waals surface area (Å²) in [5.74, 6) is -1.79. The number of rotatable bonds is 6. The van der Waals surface area contributed by atoms with Crippen LogP contribution >= 0.6 is 0 Å². The van der Waals surface area contributed by atoms with Crippen molar-refractivity contribution in [1.29, 1.82) is 0 Å². The van der Waals surface area contributed by atoms with Crippen molar-refractivity contribution in [2.24, 2.45) is 5.73 Å². The number of nitrogens with zero attached hydrogens (tertiary/aromatic N) is 1. The number of ether oxygens (including phenoxy) is 1. The van der Waals surface area contributed by atoms with Gasteiger partial charge in [-0.1, -0.05) is 0 Å². The fraction of sp³-hybridized carbons (Fsp3) is 0.727. The van der Waals surface area contributed by atoms with Crippen LogP contribution in [0.5, 0.6) is 0 Å². The van der Waals surface area contributed by atoms with E-state index in [0.717, 1.165) is 6.42 Å². The van der Waals surface area contributed by atoms with Crippen molar-refractivity contribution in [3.05, 3.63) is 0 Å². The van der Waals surface area contributed by atoms with Crippen LogP contribution in [0.25, 0.3) is 0 Å². The minimum Gasteiger partial charge on any atom is -0.480 e. The Kier molecular flexibility index (Phi) is 5.56. The molecule has 0 bridgehead atoms. The topological polar surface area (TPSA) is 122 Å². The van der Waals surface area contributed by atoms with Crippen molar-refractivity contribution in [1.82, 2.24) is 10.2 Å². The molecule has 1 saturated heterocycles. The molecule has 0 aliphatic carbocycles. The molecule has 1 heterocycles. The SMILES string of the molecule is CN(C(=O)N[C@@H](CCC(N)=O)C(=O)O)C1CCOC1. The first-order valence-electron chi connectivity index (χ1n) is 6.04. The number of carboxylic acids is 1. The zero-order valence-electron chi connectivity index (χ0n) is 10.8. The molecule has 0 aromatic rings. The van der Waals surface area contributed by atoms with Gasteiger partial charge in [0.15, 0.2) is 0 Å². The average molecular weight is 273 g/mol. The van der Waals surface area contributed by atoms with Gasteiger partial charge in [-0.3, -0.25) is 4.79 Å². The molecule has 0 spiro atoms. The zero-order chi connectivity index (χ0) is 14.4. The Balaban J connectivity index is 2.50. The number of likely N-dealkylation sites (N-methyl/N-ethyl adjacent to an activating group) is 1. The Morgan fingerprint density at radius 3 is 2.68 bits per heavy atom. The quantitative estimate of drug-likeness (QED) is 0.581. The summed E-state index contributed by atoms with van der Waals surface area (Å²) < 4.78 is 5.16. The molecule has 0 radical (unpaired) electrons. The molecule has 3 amide bonds. The number of carboxylic acid groups (broad SMARTS) is 1. The van der Waals surface area contributed by atoms with Crippen molar-refractivity contribution < 1.29 is 24.2 Å². The Morgan fingerprint density at radius 1 is 1.53 bits per heavy atom. The fourth-order valence-corrected chi connectivity index (χ4v) is 1.79. The van der Waals surface area contributed by atoms with Gasteiger partial charge in [0.05, 0.1) is 12.6 Å². The molecule has 0 aromatic carbocycles. The van der Waals surface area contributed by atoms with Gasteiger partial charge in [-0.25, -0.2) is 9.59 Å². The monoisotopic (exact) mass is 273 g/mol. The summed E-state index contributed by atoms with van der Waals surface area (Å²) in [6.45, 7) is 1.04. The molecule has 0 aromatic heterocycles. The summed E-state index contributed by atoms with van der Waals surface area (Å²) in [6, 6.07) is -1.66. The average Bonchev–Trinajstić information content (AvgIpc) is 2.86. The van der Waals surface area contributed by atoms with Crippen LogP contribution in [0.1, 0.15) is 19.3 Å². The Labute approximate surface area is 110 Å². The second-order valence-corrected chi connectivity index (χ2v) is 4.47. The number of hydrogen-bond donors (Lipinski definition) is 3. The molecule has 8 nitrogen and oxygen atoms in total. The van der Waals surface area contributed by atoms with E-state index in [1.807, 2.05) is 0 Å². The zero-order valence-corrected chi connectivity index (χ0v) is 10.8. The van der Waals surface area contributed by atoms with Crippen LogP contribution in [-0.2, 0) is 14.3 Å². The standard InChI is InChI=1S/C11H19N3O5/c1-14(7-4-5-19-6-7)11(18)13-8(10(16)17)2-3-9(12)15/h7-8H,2-6H2,1H3,(H2,12,15)(H,13,18)(H,16,17)/t7?,8-/m0/s1. The van der Waals surface area contributed by atoms with Gasteiger partial charge in [0.1, 0.15) is 6.04 Å². The molecular formula is C11H19N3O5. The van der Waals surface area contributed by atoms with Crippen molar-refractivity contribution in [3.8, 4) is 0 Å². The van der Waals surface area contributed by atoms with E-state index in [0.29, 0.717) is 13.2 Å². The lowest BCUT2D eigenvalue weighted by Crippen LogP contribution is -2.50. The maximum atomic E-state index is 11.9. The van der Waals surface area contributed by atoms with Gasteiger partial charge >= 0.3 is 12.0 Å². The fourth-order valence-electron chi connectivity index (χ4n) is 1.79. The van der Waals surface area contributed by atoms with E-state index in [-0.39, 0.29) is 18.9 Å². The highest BCUT2D eigenvalue weighted by Crippen LogP contribution is 2.11. The van der Waals surface area contributed by atoms with Crippen LogP contribution in [-0.4, -0.2) is 60.3 Å². The number of nitrogens with two attached hydrogens (primary N) is 1. The predicted octanol–water partition coefficient (Wildman–Crippen LogP) is -0.865. The van der Waals surface area contributed by atoms with Gasteiger partial charge in [0.2, 0.25) is 5.91 Å². The molecular weight excluding hydrogens is 254 g/mol. The first-order valence-corrected chi connectivity index (χ1v) is 6.04. The van der Waals surface area contributed by atoms with Crippen LogP contribution in [0, 0.1) is 0 Å². The molecule has 4 N–H and O–H groups in total. The molecule has 1 aliphatic heterocycles. The van der Waals surface area contributed by atoms with Crippen LogP contribution in [0.2, 0.25) is 0 Å². The summed E-state index contributed by atoms with van der Waals surface area (Å²) in [7, 11) is 1.58.